The van der Waals surface area contributed by atoms with Crippen molar-refractivity contribution in [1.82, 2.24) is 20.1 Å². The highest BCUT2D eigenvalue weighted by atomic mass is 35.5. The van der Waals surface area contributed by atoms with E-state index in [4.69, 9.17) is 31.6 Å². The molecule has 0 aromatic carbocycles. The fraction of sp³-hybridized carbons (Fsp3) is 0.550. The fourth-order valence-electron chi connectivity index (χ4n) is 3.71. The standard InChI is InChI=1S/C20H24Cl2F2N4O2.O2S/c1-3-28-18(13-10-25-15(21)8-14(13)30-20(23)24)16(22)17(27-28)19(29)26-9-12-6-4-11(2)5-7-12;1-3-2/h8,10-12,20H,3-7,9H2,1-2H3,(H,26,29);. The number of nitrogens with one attached hydrogen (secondary N) is 1. The molecule has 1 fully saturated rings. The minimum Gasteiger partial charge on any atom is -0.434 e. The Labute approximate surface area is 203 Å². The van der Waals surface area contributed by atoms with Crippen molar-refractivity contribution in [3.05, 3.63) is 28.1 Å². The minimum atomic E-state index is -3.06. The molecule has 1 N–H and O–H groups in total. The maximum Gasteiger partial charge on any atom is 0.387 e. The Bertz CT molecular complexity index is 995. The lowest BCUT2D eigenvalue weighted by Crippen LogP contribution is -2.31. The second-order valence-corrected chi connectivity index (χ2v) is 8.51. The predicted molar refractivity (Wildman–Crippen MR) is 120 cm³/mol. The van der Waals surface area contributed by atoms with Gasteiger partial charge in [0.25, 0.3) is 5.91 Å². The summed E-state index contributed by atoms with van der Waals surface area (Å²) in [5, 5.41) is 7.25. The lowest BCUT2D eigenvalue weighted by atomic mass is 9.83. The normalized spacial score (nSPS) is 17.8. The number of pyridine rings is 1. The molecule has 8 nitrogen and oxygen atoms in total. The Morgan fingerprint density at radius 3 is 2.52 bits per heavy atom. The number of aryl methyl sites for hydroxylation is 1. The van der Waals surface area contributed by atoms with Crippen molar-refractivity contribution in [1.29, 1.82) is 0 Å². The molecule has 0 spiro atoms. The number of carbonyl (C=O) groups is 1. The van der Waals surface area contributed by atoms with E-state index in [1.807, 2.05) is 0 Å². The van der Waals surface area contributed by atoms with E-state index in [9.17, 15) is 13.6 Å². The number of carbonyl (C=O) groups excluding carboxylic acids is 1. The Balaban J connectivity index is 0.00000122. The van der Waals surface area contributed by atoms with Crippen molar-refractivity contribution in [3.8, 4) is 17.0 Å². The van der Waals surface area contributed by atoms with Gasteiger partial charge in [-0.25, -0.2) is 4.98 Å². The van der Waals surface area contributed by atoms with Crippen LogP contribution in [0, 0.1) is 11.8 Å². The second-order valence-electron chi connectivity index (χ2n) is 7.61. The fourth-order valence-corrected chi connectivity index (χ4v) is 4.18. The molecule has 2 heterocycles. The molecular weight excluding hydrogens is 501 g/mol. The van der Waals surface area contributed by atoms with Gasteiger partial charge >= 0.3 is 18.2 Å². The molecule has 0 unspecified atom stereocenters. The molecule has 2 aromatic rings. The number of rotatable bonds is 7. The highest BCUT2D eigenvalue weighted by molar-refractivity contribution is 7.51. The van der Waals surface area contributed by atoms with Gasteiger partial charge in [-0.05, 0) is 31.6 Å². The first-order valence-corrected chi connectivity index (χ1v) is 11.7. The lowest BCUT2D eigenvalue weighted by molar-refractivity contribution is -0.0495. The zero-order chi connectivity index (χ0) is 24.5. The summed E-state index contributed by atoms with van der Waals surface area (Å²) in [5.41, 5.74) is 0.491. The first kappa shape index (κ1) is 27.1. The Kier molecular flexibility index (Phi) is 10.6. The Hall–Kier alpha value is -2.11. The van der Waals surface area contributed by atoms with Crippen LogP contribution in [-0.2, 0) is 18.1 Å². The summed E-state index contributed by atoms with van der Waals surface area (Å²) in [7, 11) is 0. The van der Waals surface area contributed by atoms with Gasteiger partial charge in [0, 0.05) is 25.4 Å². The van der Waals surface area contributed by atoms with E-state index in [-0.39, 0.29) is 32.9 Å². The summed E-state index contributed by atoms with van der Waals surface area (Å²) >= 11 is 11.6. The Morgan fingerprint density at radius 2 is 1.94 bits per heavy atom. The first-order valence-electron chi connectivity index (χ1n) is 10.3. The van der Waals surface area contributed by atoms with Gasteiger partial charge in [0.2, 0.25) is 0 Å². The van der Waals surface area contributed by atoms with Crippen molar-refractivity contribution in [2.45, 2.75) is 52.7 Å². The van der Waals surface area contributed by atoms with Crippen LogP contribution in [0.25, 0.3) is 11.3 Å². The van der Waals surface area contributed by atoms with Crippen LogP contribution in [0.15, 0.2) is 12.3 Å². The molecule has 0 atom stereocenters. The second kappa shape index (κ2) is 13.0. The third-order valence-corrected chi connectivity index (χ3v) is 5.96. The largest absolute Gasteiger partial charge is 0.434 e. The number of nitrogens with zero attached hydrogens (tertiary/aromatic N) is 3. The Morgan fingerprint density at radius 1 is 1.30 bits per heavy atom. The van der Waals surface area contributed by atoms with Crippen LogP contribution in [0.2, 0.25) is 10.2 Å². The van der Waals surface area contributed by atoms with Gasteiger partial charge in [-0.1, -0.05) is 43.0 Å². The van der Waals surface area contributed by atoms with Gasteiger partial charge in [-0.2, -0.15) is 22.3 Å². The van der Waals surface area contributed by atoms with E-state index in [0.29, 0.717) is 19.0 Å². The van der Waals surface area contributed by atoms with E-state index in [1.54, 1.807) is 6.92 Å². The van der Waals surface area contributed by atoms with Gasteiger partial charge in [-0.3, -0.25) is 9.48 Å². The van der Waals surface area contributed by atoms with Crippen molar-refractivity contribution < 1.29 is 26.7 Å². The highest BCUT2D eigenvalue weighted by Crippen LogP contribution is 2.38. The zero-order valence-electron chi connectivity index (χ0n) is 18.0. The maximum absolute atomic E-state index is 12.9. The third-order valence-electron chi connectivity index (χ3n) is 5.40. The summed E-state index contributed by atoms with van der Waals surface area (Å²) in [4.78, 5) is 16.7. The molecule has 0 aliphatic heterocycles. The molecular formula is C20H24Cl2F2N4O4S. The number of amides is 1. The predicted octanol–water partition coefficient (Wildman–Crippen LogP) is 4.76. The smallest absolute Gasteiger partial charge is 0.387 e. The van der Waals surface area contributed by atoms with E-state index < -0.39 is 24.1 Å². The van der Waals surface area contributed by atoms with Crippen molar-refractivity contribution in [2.24, 2.45) is 11.8 Å². The van der Waals surface area contributed by atoms with Crippen LogP contribution in [-0.4, -0.2) is 42.2 Å². The average Bonchev–Trinajstić information content (AvgIpc) is 3.10. The third kappa shape index (κ3) is 7.44. The van der Waals surface area contributed by atoms with Crippen LogP contribution >= 0.6 is 23.2 Å². The van der Waals surface area contributed by atoms with E-state index in [2.05, 4.69) is 27.1 Å². The van der Waals surface area contributed by atoms with Gasteiger partial charge in [0.05, 0.1) is 16.3 Å². The van der Waals surface area contributed by atoms with Gasteiger partial charge in [0.1, 0.15) is 10.9 Å². The van der Waals surface area contributed by atoms with Crippen LogP contribution in [0.3, 0.4) is 0 Å². The van der Waals surface area contributed by atoms with E-state index >= 15 is 0 Å². The molecule has 1 aliphatic carbocycles. The molecule has 1 saturated carbocycles. The summed E-state index contributed by atoms with van der Waals surface area (Å²) in [5.74, 6) is 0.574. The molecule has 0 radical (unpaired) electrons. The molecule has 0 bridgehead atoms. The molecule has 3 rings (SSSR count). The summed E-state index contributed by atoms with van der Waals surface area (Å²) < 4.78 is 48.3. The topological polar surface area (TPSA) is 103 Å². The molecule has 33 heavy (non-hydrogen) atoms. The van der Waals surface area contributed by atoms with Crippen LogP contribution in [0.1, 0.15) is 50.0 Å². The first-order chi connectivity index (χ1) is 15.7. The number of hydrogen-bond acceptors (Lipinski definition) is 6. The molecule has 182 valence electrons. The van der Waals surface area contributed by atoms with Crippen molar-refractivity contribution in [2.75, 3.05) is 6.54 Å². The summed E-state index contributed by atoms with van der Waals surface area (Å²) in [6, 6.07) is 1.18. The average molecular weight is 525 g/mol. The van der Waals surface area contributed by atoms with E-state index in [0.717, 1.165) is 31.6 Å². The molecule has 1 amide bonds. The molecule has 0 saturated heterocycles. The van der Waals surface area contributed by atoms with Gasteiger partial charge in [-0.15, -0.1) is 0 Å². The zero-order valence-corrected chi connectivity index (χ0v) is 20.4. The number of halogens is 4. The molecule has 2 aromatic heterocycles. The highest BCUT2D eigenvalue weighted by Gasteiger charge is 2.26. The monoisotopic (exact) mass is 524 g/mol. The lowest BCUT2D eigenvalue weighted by Gasteiger charge is -2.26. The van der Waals surface area contributed by atoms with Crippen molar-refractivity contribution in [3.63, 3.8) is 0 Å². The van der Waals surface area contributed by atoms with Crippen LogP contribution < -0.4 is 10.1 Å². The van der Waals surface area contributed by atoms with Gasteiger partial charge < -0.3 is 10.1 Å². The summed E-state index contributed by atoms with van der Waals surface area (Å²) in [6.45, 7) is 1.90. The quantitative estimate of drug-likeness (QED) is 0.523. The van der Waals surface area contributed by atoms with Crippen molar-refractivity contribution >= 4 is 40.7 Å². The van der Waals surface area contributed by atoms with Gasteiger partial charge in [0.15, 0.2) is 5.69 Å². The SMILES string of the molecule is CCn1nc(C(=O)NCC2CCC(C)CC2)c(Cl)c1-c1cnc(Cl)cc1OC(F)F.O=S=O. The maximum atomic E-state index is 12.9. The number of ether oxygens (including phenoxy) is 1. The van der Waals surface area contributed by atoms with Crippen LogP contribution in [0.4, 0.5) is 8.78 Å². The minimum absolute atomic E-state index is 0.00662. The molecule has 13 heteroatoms. The van der Waals surface area contributed by atoms with E-state index in [1.165, 1.54) is 16.9 Å². The molecule has 1 aliphatic rings. The number of alkyl halides is 2. The number of aromatic nitrogens is 3. The summed E-state index contributed by atoms with van der Waals surface area (Å²) in [6.07, 6.45) is 5.75. The van der Waals surface area contributed by atoms with Crippen LogP contribution in [0.5, 0.6) is 5.75 Å². The number of hydrogen-bond donors (Lipinski definition) is 1.